The van der Waals surface area contributed by atoms with E-state index in [1.165, 1.54) is 35.6 Å². The third kappa shape index (κ3) is 3.01. The van der Waals surface area contributed by atoms with Gasteiger partial charge in [0.15, 0.2) is 0 Å². The van der Waals surface area contributed by atoms with E-state index in [0.717, 1.165) is 37.0 Å². The molecule has 1 fully saturated rings. The van der Waals surface area contributed by atoms with Gasteiger partial charge in [-0.3, -0.25) is 4.84 Å². The van der Waals surface area contributed by atoms with Crippen LogP contribution in [0.3, 0.4) is 0 Å². The number of hydrogen-bond donors (Lipinski definition) is 1. The van der Waals surface area contributed by atoms with Crippen molar-refractivity contribution in [1.29, 1.82) is 0 Å². The fraction of sp³-hybridized carbons (Fsp3) is 0.400. The van der Waals surface area contributed by atoms with E-state index in [4.69, 9.17) is 4.84 Å². The lowest BCUT2D eigenvalue weighted by molar-refractivity contribution is 0.143. The van der Waals surface area contributed by atoms with Crippen molar-refractivity contribution in [3.8, 4) is 0 Å². The van der Waals surface area contributed by atoms with Gasteiger partial charge in [0.1, 0.15) is 0 Å². The first kappa shape index (κ1) is 15.2. The summed E-state index contributed by atoms with van der Waals surface area (Å²) >= 11 is 0. The Balaban J connectivity index is 1.47. The molecule has 0 bridgehead atoms. The van der Waals surface area contributed by atoms with E-state index in [2.05, 4.69) is 46.9 Å². The fourth-order valence-corrected chi connectivity index (χ4v) is 3.89. The van der Waals surface area contributed by atoms with E-state index in [-0.39, 0.29) is 6.04 Å². The molecule has 0 radical (unpaired) electrons. The summed E-state index contributed by atoms with van der Waals surface area (Å²) in [5, 5.41) is 9.58. The molecule has 124 valence electrons. The SMILES string of the molecule is O=C(NC1CCCCC1)O/N=C1/CCc2c1ccc1ccccc21. The molecule has 1 amide bonds. The van der Waals surface area contributed by atoms with Crippen molar-refractivity contribution in [1.82, 2.24) is 5.32 Å². The lowest BCUT2D eigenvalue weighted by Crippen LogP contribution is -2.35. The summed E-state index contributed by atoms with van der Waals surface area (Å²) in [5.74, 6) is 0. The average Bonchev–Trinajstić information content (AvgIpc) is 3.04. The lowest BCUT2D eigenvalue weighted by Gasteiger charge is -2.21. The maximum Gasteiger partial charge on any atom is 0.433 e. The van der Waals surface area contributed by atoms with Crippen LogP contribution < -0.4 is 5.32 Å². The average molecular weight is 322 g/mol. The minimum absolute atomic E-state index is 0.242. The number of rotatable bonds is 2. The summed E-state index contributed by atoms with van der Waals surface area (Å²) in [6.45, 7) is 0. The fourth-order valence-electron chi connectivity index (χ4n) is 3.89. The Morgan fingerprint density at radius 3 is 2.75 bits per heavy atom. The number of fused-ring (bicyclic) bond motifs is 3. The summed E-state index contributed by atoms with van der Waals surface area (Å²) in [4.78, 5) is 17.1. The highest BCUT2D eigenvalue weighted by atomic mass is 16.7. The summed E-state index contributed by atoms with van der Waals surface area (Å²) in [7, 11) is 0. The number of nitrogens with one attached hydrogen (secondary N) is 1. The molecule has 2 aliphatic rings. The number of benzene rings is 2. The van der Waals surface area contributed by atoms with Gasteiger partial charge < -0.3 is 5.32 Å². The molecular weight excluding hydrogens is 300 g/mol. The molecule has 24 heavy (non-hydrogen) atoms. The largest absolute Gasteiger partial charge is 0.433 e. The van der Waals surface area contributed by atoms with E-state index in [1.807, 2.05) is 0 Å². The number of nitrogens with zero attached hydrogens (tertiary/aromatic N) is 1. The van der Waals surface area contributed by atoms with Crippen molar-refractivity contribution in [2.24, 2.45) is 5.16 Å². The van der Waals surface area contributed by atoms with Crippen LogP contribution in [0.5, 0.6) is 0 Å². The van der Waals surface area contributed by atoms with Crippen molar-refractivity contribution >= 4 is 22.6 Å². The molecule has 4 nitrogen and oxygen atoms in total. The van der Waals surface area contributed by atoms with Gasteiger partial charge in [-0.2, -0.15) is 0 Å². The lowest BCUT2D eigenvalue weighted by atomic mass is 9.96. The van der Waals surface area contributed by atoms with Crippen LogP contribution in [0.25, 0.3) is 10.8 Å². The Labute approximate surface area is 141 Å². The van der Waals surface area contributed by atoms with Gasteiger partial charge in [0, 0.05) is 11.6 Å². The third-order valence-corrected chi connectivity index (χ3v) is 5.13. The molecule has 0 aromatic heterocycles. The molecule has 2 aromatic carbocycles. The zero-order valence-electron chi connectivity index (χ0n) is 13.8. The van der Waals surface area contributed by atoms with E-state index in [0.29, 0.717) is 0 Å². The van der Waals surface area contributed by atoms with E-state index in [9.17, 15) is 4.79 Å². The second-order valence-electron chi connectivity index (χ2n) is 6.71. The second kappa shape index (κ2) is 6.63. The van der Waals surface area contributed by atoms with Crippen molar-refractivity contribution < 1.29 is 9.63 Å². The number of oxime groups is 1. The zero-order chi connectivity index (χ0) is 16.4. The van der Waals surface area contributed by atoms with Crippen LogP contribution in [0.1, 0.15) is 49.7 Å². The van der Waals surface area contributed by atoms with Gasteiger partial charge in [0.25, 0.3) is 0 Å². The van der Waals surface area contributed by atoms with Crippen LogP contribution in [0, 0.1) is 0 Å². The minimum Gasteiger partial charge on any atom is -0.317 e. The van der Waals surface area contributed by atoms with Crippen molar-refractivity contribution in [2.75, 3.05) is 0 Å². The maximum atomic E-state index is 12.0. The number of carbonyl (C=O) groups excluding carboxylic acids is 1. The first-order valence-corrected chi connectivity index (χ1v) is 8.86. The van der Waals surface area contributed by atoms with Gasteiger partial charge in [-0.15, -0.1) is 0 Å². The molecule has 0 saturated heterocycles. The van der Waals surface area contributed by atoms with Crippen LogP contribution in [-0.2, 0) is 11.3 Å². The first-order chi connectivity index (χ1) is 11.8. The highest BCUT2D eigenvalue weighted by Crippen LogP contribution is 2.30. The number of aryl methyl sites for hydroxylation is 1. The number of hydrogen-bond acceptors (Lipinski definition) is 3. The smallest absolute Gasteiger partial charge is 0.317 e. The van der Waals surface area contributed by atoms with Crippen molar-refractivity contribution in [2.45, 2.75) is 51.0 Å². The summed E-state index contributed by atoms with van der Waals surface area (Å²) in [6, 6.07) is 12.8. The molecular formula is C20H22N2O2. The van der Waals surface area contributed by atoms with Gasteiger partial charge in [-0.1, -0.05) is 60.8 Å². The second-order valence-corrected chi connectivity index (χ2v) is 6.71. The predicted molar refractivity (Wildman–Crippen MR) is 95.3 cm³/mol. The molecule has 0 heterocycles. The van der Waals surface area contributed by atoms with Gasteiger partial charge in [-0.05, 0) is 42.0 Å². The first-order valence-electron chi connectivity index (χ1n) is 8.86. The summed E-state index contributed by atoms with van der Waals surface area (Å²) < 4.78 is 0. The number of amides is 1. The highest BCUT2D eigenvalue weighted by molar-refractivity contribution is 6.08. The van der Waals surface area contributed by atoms with Crippen LogP contribution in [0.4, 0.5) is 4.79 Å². The molecule has 4 heteroatoms. The van der Waals surface area contributed by atoms with Crippen LogP contribution in [0.15, 0.2) is 41.6 Å². The van der Waals surface area contributed by atoms with E-state index < -0.39 is 6.09 Å². The van der Waals surface area contributed by atoms with E-state index in [1.54, 1.807) is 0 Å². The van der Waals surface area contributed by atoms with E-state index >= 15 is 0 Å². The normalized spacial score (nSPS) is 19.4. The molecule has 2 aromatic rings. The Bertz CT molecular complexity index is 791. The third-order valence-electron chi connectivity index (χ3n) is 5.13. The van der Waals surface area contributed by atoms with Crippen LogP contribution in [-0.4, -0.2) is 17.8 Å². The molecule has 0 spiro atoms. The molecule has 2 aliphatic carbocycles. The van der Waals surface area contributed by atoms with Crippen LogP contribution in [0.2, 0.25) is 0 Å². The van der Waals surface area contributed by atoms with Gasteiger partial charge in [0.2, 0.25) is 0 Å². The Hall–Kier alpha value is -2.36. The van der Waals surface area contributed by atoms with Crippen molar-refractivity contribution in [3.63, 3.8) is 0 Å². The molecule has 0 atom stereocenters. The highest BCUT2D eigenvalue weighted by Gasteiger charge is 2.21. The van der Waals surface area contributed by atoms with Crippen LogP contribution >= 0.6 is 0 Å². The molecule has 0 unspecified atom stereocenters. The van der Waals surface area contributed by atoms with Crippen molar-refractivity contribution in [3.05, 3.63) is 47.5 Å². The minimum atomic E-state index is -0.427. The zero-order valence-corrected chi connectivity index (χ0v) is 13.8. The quantitative estimate of drug-likeness (QED) is 0.651. The standard InChI is InChI=1S/C20H22N2O2/c23-20(21-15-7-2-1-3-8-15)24-22-19-13-12-17-16-9-5-4-6-14(16)10-11-18(17)19/h4-6,9-11,15H,1-3,7-8,12-13H2,(H,21,23)/b22-19-. The summed E-state index contributed by atoms with van der Waals surface area (Å²) in [5.41, 5.74) is 3.29. The van der Waals surface area contributed by atoms with Gasteiger partial charge in [0.05, 0.1) is 5.71 Å². The predicted octanol–water partition coefficient (Wildman–Crippen LogP) is 4.55. The topological polar surface area (TPSA) is 50.7 Å². The van der Waals surface area contributed by atoms with Gasteiger partial charge in [-0.25, -0.2) is 4.79 Å². The molecule has 4 rings (SSSR count). The molecule has 0 aliphatic heterocycles. The molecule has 1 N–H and O–H groups in total. The maximum absolute atomic E-state index is 12.0. The number of carbonyl (C=O) groups is 1. The Morgan fingerprint density at radius 1 is 1.04 bits per heavy atom. The van der Waals surface area contributed by atoms with Gasteiger partial charge >= 0.3 is 6.09 Å². The Morgan fingerprint density at radius 2 is 1.88 bits per heavy atom. The summed E-state index contributed by atoms with van der Waals surface area (Å²) in [6.07, 6.45) is 7.05. The Kier molecular flexibility index (Phi) is 4.20. The monoisotopic (exact) mass is 322 g/mol. The molecule has 1 saturated carbocycles.